The SMILES string of the molecule is OC1(Cc2ccc3ccncc3c2)CC1. The molecule has 1 aromatic carbocycles. The van der Waals surface area contributed by atoms with Gasteiger partial charge in [-0.15, -0.1) is 0 Å². The van der Waals surface area contributed by atoms with Crippen LogP contribution in [-0.2, 0) is 6.42 Å². The third-order valence-electron chi connectivity index (χ3n) is 3.07. The maximum absolute atomic E-state index is 9.84. The van der Waals surface area contributed by atoms with Crippen molar-refractivity contribution >= 4 is 10.8 Å². The van der Waals surface area contributed by atoms with Crippen LogP contribution in [0, 0.1) is 0 Å². The minimum atomic E-state index is -0.407. The van der Waals surface area contributed by atoms with Crippen LogP contribution in [0.5, 0.6) is 0 Å². The molecule has 0 unspecified atom stereocenters. The van der Waals surface area contributed by atoms with Crippen LogP contribution in [0.25, 0.3) is 10.8 Å². The van der Waals surface area contributed by atoms with Gasteiger partial charge in [-0.05, 0) is 35.9 Å². The molecule has 2 aromatic rings. The largest absolute Gasteiger partial charge is 0.390 e. The summed E-state index contributed by atoms with van der Waals surface area (Å²) in [6.07, 6.45) is 6.33. The summed E-state index contributed by atoms with van der Waals surface area (Å²) < 4.78 is 0. The average Bonchev–Trinajstić information content (AvgIpc) is 2.96. The van der Waals surface area contributed by atoms with Crippen LogP contribution < -0.4 is 0 Å². The number of pyridine rings is 1. The molecule has 1 aromatic heterocycles. The van der Waals surface area contributed by atoms with Crippen molar-refractivity contribution in [2.75, 3.05) is 0 Å². The van der Waals surface area contributed by atoms with E-state index in [0.717, 1.165) is 24.6 Å². The molecule has 2 heteroatoms. The van der Waals surface area contributed by atoms with Gasteiger partial charge in [-0.2, -0.15) is 0 Å². The zero-order valence-electron chi connectivity index (χ0n) is 8.48. The van der Waals surface area contributed by atoms with Crippen molar-refractivity contribution in [2.24, 2.45) is 0 Å². The van der Waals surface area contributed by atoms with Gasteiger partial charge in [-0.3, -0.25) is 4.98 Å². The summed E-state index contributed by atoms with van der Waals surface area (Å²) >= 11 is 0. The second-order valence-corrected chi connectivity index (χ2v) is 4.46. The standard InChI is InChI=1S/C13H13NO/c15-13(4-5-13)8-10-1-2-11-3-6-14-9-12(11)7-10/h1-3,6-7,9,15H,4-5,8H2. The highest BCUT2D eigenvalue weighted by molar-refractivity contribution is 5.82. The van der Waals surface area contributed by atoms with Crippen LogP contribution in [0.15, 0.2) is 36.7 Å². The lowest BCUT2D eigenvalue weighted by molar-refractivity contribution is 0.151. The molecule has 1 fully saturated rings. The smallest absolute Gasteiger partial charge is 0.0690 e. The Hall–Kier alpha value is -1.41. The fraction of sp³-hybridized carbons (Fsp3) is 0.308. The predicted molar refractivity (Wildman–Crippen MR) is 59.6 cm³/mol. The first-order valence-electron chi connectivity index (χ1n) is 5.30. The van der Waals surface area contributed by atoms with Gasteiger partial charge >= 0.3 is 0 Å². The Bertz CT molecular complexity index is 503. The first-order chi connectivity index (χ1) is 7.25. The summed E-state index contributed by atoms with van der Waals surface area (Å²) in [5.74, 6) is 0. The average molecular weight is 199 g/mol. The van der Waals surface area contributed by atoms with E-state index >= 15 is 0 Å². The van der Waals surface area contributed by atoms with Gasteiger partial charge in [0, 0.05) is 24.2 Å². The minimum absolute atomic E-state index is 0.407. The fourth-order valence-corrected chi connectivity index (χ4v) is 1.95. The number of hydrogen-bond donors (Lipinski definition) is 1. The summed E-state index contributed by atoms with van der Waals surface area (Å²) in [5.41, 5.74) is 0.797. The zero-order chi connectivity index (χ0) is 10.3. The number of hydrogen-bond acceptors (Lipinski definition) is 2. The lowest BCUT2D eigenvalue weighted by Crippen LogP contribution is -2.10. The van der Waals surface area contributed by atoms with Gasteiger partial charge in [0.2, 0.25) is 0 Å². The van der Waals surface area contributed by atoms with Crippen molar-refractivity contribution in [3.8, 4) is 0 Å². The second kappa shape index (κ2) is 3.04. The highest BCUT2D eigenvalue weighted by Crippen LogP contribution is 2.38. The summed E-state index contributed by atoms with van der Waals surface area (Å²) in [6.45, 7) is 0. The van der Waals surface area contributed by atoms with Crippen LogP contribution >= 0.6 is 0 Å². The van der Waals surface area contributed by atoms with Crippen molar-refractivity contribution in [3.05, 3.63) is 42.2 Å². The van der Waals surface area contributed by atoms with E-state index in [0.29, 0.717) is 0 Å². The van der Waals surface area contributed by atoms with E-state index < -0.39 is 5.60 Å². The van der Waals surface area contributed by atoms with E-state index in [4.69, 9.17) is 0 Å². The number of rotatable bonds is 2. The molecule has 2 nitrogen and oxygen atoms in total. The summed E-state index contributed by atoms with van der Waals surface area (Å²) in [5, 5.41) is 12.2. The summed E-state index contributed by atoms with van der Waals surface area (Å²) in [4.78, 5) is 4.10. The van der Waals surface area contributed by atoms with E-state index in [1.165, 1.54) is 10.9 Å². The van der Waals surface area contributed by atoms with E-state index in [1.807, 2.05) is 12.3 Å². The minimum Gasteiger partial charge on any atom is -0.390 e. The van der Waals surface area contributed by atoms with Crippen molar-refractivity contribution in [3.63, 3.8) is 0 Å². The molecule has 1 aliphatic rings. The molecule has 0 atom stereocenters. The molecule has 1 saturated carbocycles. The van der Waals surface area contributed by atoms with Crippen molar-refractivity contribution in [2.45, 2.75) is 24.9 Å². The maximum atomic E-state index is 9.84. The molecule has 0 amide bonds. The molecule has 76 valence electrons. The van der Waals surface area contributed by atoms with E-state index in [2.05, 4.69) is 23.2 Å². The Morgan fingerprint density at radius 1 is 1.20 bits per heavy atom. The van der Waals surface area contributed by atoms with Gasteiger partial charge in [0.05, 0.1) is 5.60 Å². The van der Waals surface area contributed by atoms with Crippen LogP contribution in [0.2, 0.25) is 0 Å². The van der Waals surface area contributed by atoms with E-state index in [9.17, 15) is 5.11 Å². The molecule has 1 N–H and O–H groups in total. The van der Waals surface area contributed by atoms with Gasteiger partial charge in [-0.25, -0.2) is 0 Å². The Balaban J connectivity index is 1.99. The summed E-state index contributed by atoms with van der Waals surface area (Å²) in [6, 6.07) is 8.32. The number of benzene rings is 1. The van der Waals surface area contributed by atoms with Gasteiger partial charge in [-0.1, -0.05) is 12.1 Å². The first-order valence-corrected chi connectivity index (χ1v) is 5.30. The molecule has 0 saturated heterocycles. The topological polar surface area (TPSA) is 33.1 Å². The number of aromatic nitrogens is 1. The second-order valence-electron chi connectivity index (χ2n) is 4.46. The maximum Gasteiger partial charge on any atom is 0.0690 e. The Morgan fingerprint density at radius 3 is 2.87 bits per heavy atom. The molecule has 1 heterocycles. The molecule has 0 radical (unpaired) electrons. The monoisotopic (exact) mass is 199 g/mol. The van der Waals surface area contributed by atoms with E-state index in [-0.39, 0.29) is 0 Å². The van der Waals surface area contributed by atoms with Crippen LogP contribution in [0.3, 0.4) is 0 Å². The van der Waals surface area contributed by atoms with Gasteiger partial charge in [0.25, 0.3) is 0 Å². The molecule has 3 rings (SSSR count). The van der Waals surface area contributed by atoms with Crippen LogP contribution in [0.4, 0.5) is 0 Å². The molecule has 1 aliphatic carbocycles. The van der Waals surface area contributed by atoms with Gasteiger partial charge < -0.3 is 5.11 Å². The molecule has 0 bridgehead atoms. The molecular formula is C13H13NO. The first kappa shape index (κ1) is 8.86. The quantitative estimate of drug-likeness (QED) is 0.805. The lowest BCUT2D eigenvalue weighted by Gasteiger charge is -2.08. The highest BCUT2D eigenvalue weighted by Gasteiger charge is 2.39. The van der Waals surface area contributed by atoms with Crippen molar-refractivity contribution in [1.29, 1.82) is 0 Å². The third-order valence-corrected chi connectivity index (χ3v) is 3.07. The normalized spacial score (nSPS) is 17.9. The molecule has 15 heavy (non-hydrogen) atoms. The lowest BCUT2D eigenvalue weighted by atomic mass is 10.0. The molecule has 0 spiro atoms. The summed E-state index contributed by atoms with van der Waals surface area (Å²) in [7, 11) is 0. The van der Waals surface area contributed by atoms with Crippen molar-refractivity contribution in [1.82, 2.24) is 4.98 Å². The highest BCUT2D eigenvalue weighted by atomic mass is 16.3. The number of aliphatic hydroxyl groups is 1. The Kier molecular flexibility index (Phi) is 1.80. The number of fused-ring (bicyclic) bond motifs is 1. The van der Waals surface area contributed by atoms with Crippen LogP contribution in [-0.4, -0.2) is 15.7 Å². The van der Waals surface area contributed by atoms with Crippen LogP contribution in [0.1, 0.15) is 18.4 Å². The van der Waals surface area contributed by atoms with E-state index in [1.54, 1.807) is 6.20 Å². The molecular weight excluding hydrogens is 186 g/mol. The Labute approximate surface area is 88.6 Å². The predicted octanol–water partition coefficient (Wildman–Crippen LogP) is 2.30. The molecule has 0 aliphatic heterocycles. The van der Waals surface area contributed by atoms with Gasteiger partial charge in [0.1, 0.15) is 0 Å². The third kappa shape index (κ3) is 1.73. The zero-order valence-corrected chi connectivity index (χ0v) is 8.48. The Morgan fingerprint density at radius 2 is 2.07 bits per heavy atom. The fourth-order valence-electron chi connectivity index (χ4n) is 1.95. The van der Waals surface area contributed by atoms with Crippen molar-refractivity contribution < 1.29 is 5.11 Å². The van der Waals surface area contributed by atoms with Gasteiger partial charge in [0.15, 0.2) is 0 Å². The number of nitrogens with zero attached hydrogens (tertiary/aromatic N) is 1.